The van der Waals surface area contributed by atoms with Crippen molar-refractivity contribution < 1.29 is 70.2 Å². The number of terminal acetylenes is 2. The van der Waals surface area contributed by atoms with Crippen molar-refractivity contribution in [2.45, 2.75) is 77.4 Å². The summed E-state index contributed by atoms with van der Waals surface area (Å²) in [6, 6.07) is 27.1. The Kier molecular flexibility index (Phi) is 26.5. The van der Waals surface area contributed by atoms with E-state index in [2.05, 4.69) is 43.7 Å². The second kappa shape index (κ2) is 33.1. The van der Waals surface area contributed by atoms with Gasteiger partial charge in [0.15, 0.2) is 0 Å². The second-order valence-electron chi connectivity index (χ2n) is 18.2. The van der Waals surface area contributed by atoms with Crippen molar-refractivity contribution in [2.75, 3.05) is 45.5 Å². The van der Waals surface area contributed by atoms with Gasteiger partial charge in [0.1, 0.15) is 82.6 Å². The fraction of sp³-hybridized carbons (Fsp3) is 0.311. The average Bonchev–Trinajstić information content (AvgIpc) is 3.67. The lowest BCUT2D eigenvalue weighted by molar-refractivity contribution is 0.00578. The van der Waals surface area contributed by atoms with Gasteiger partial charge < -0.3 is 38.1 Å². The Hall–Kier alpha value is -6.57. The molecule has 5 aliphatic rings. The van der Waals surface area contributed by atoms with Crippen molar-refractivity contribution in [3.63, 3.8) is 0 Å². The number of hydrogen-bond acceptors (Lipinski definition) is 8. The molecule has 1 fully saturated rings. The van der Waals surface area contributed by atoms with E-state index in [9.17, 15) is 30.7 Å². The molecule has 0 aromatic heterocycles. The summed E-state index contributed by atoms with van der Waals surface area (Å²) in [7, 11) is -1.66. The van der Waals surface area contributed by atoms with Gasteiger partial charge in [0.05, 0.1) is 49.3 Å². The van der Waals surface area contributed by atoms with E-state index in [-0.39, 0.29) is 41.4 Å². The summed E-state index contributed by atoms with van der Waals surface area (Å²) in [6.07, 6.45) is 19.1. The monoisotopic (exact) mass is 1230 g/mol. The van der Waals surface area contributed by atoms with Crippen molar-refractivity contribution in [2.24, 2.45) is 0 Å². The molecule has 0 saturated carbocycles. The van der Waals surface area contributed by atoms with Crippen LogP contribution >= 0.6 is 31.9 Å². The summed E-state index contributed by atoms with van der Waals surface area (Å²) in [4.78, 5) is 0. The summed E-state index contributed by atoms with van der Waals surface area (Å²) in [5, 5.41) is 9.23. The van der Waals surface area contributed by atoms with Gasteiger partial charge in [0.2, 0.25) is 0 Å². The molecule has 18 heteroatoms. The number of benzene rings is 6. The molecule has 11 rings (SSSR count). The van der Waals surface area contributed by atoms with Crippen LogP contribution in [0.2, 0.25) is 0 Å². The second-order valence-corrected chi connectivity index (χ2v) is 19.6. The highest BCUT2D eigenvalue weighted by molar-refractivity contribution is 9.10. The van der Waals surface area contributed by atoms with Crippen LogP contribution in [-0.4, -0.2) is 68.9 Å². The third-order valence-electron chi connectivity index (χ3n) is 12.0. The van der Waals surface area contributed by atoms with Gasteiger partial charge in [-0.05, 0) is 154 Å². The molecule has 79 heavy (non-hydrogen) atoms. The lowest BCUT2D eigenvalue weighted by Crippen LogP contribution is -2.41. The maximum atomic E-state index is 14.3. The summed E-state index contributed by atoms with van der Waals surface area (Å²) in [6.45, 7) is 10.6. The molecule has 1 N–H and O–H groups in total. The smallest absolute Gasteiger partial charge is 0.497 e. The van der Waals surface area contributed by atoms with Crippen LogP contribution in [0.1, 0.15) is 70.6 Å². The van der Waals surface area contributed by atoms with Crippen molar-refractivity contribution in [3.05, 3.63) is 177 Å². The van der Waals surface area contributed by atoms with Crippen LogP contribution in [-0.2, 0) is 28.6 Å². The number of hydrogen-bond donors (Lipinski definition) is 1. The van der Waals surface area contributed by atoms with Crippen LogP contribution in [0.4, 0.5) is 30.7 Å². The number of aryl methyl sites for hydroxylation is 2. The topological polar surface area (TPSA) is 84.8 Å². The molecule has 1 saturated heterocycles. The molecule has 0 unspecified atom stereocenters. The standard InChI is InChI=1S/C15H20BFO3.C9H8BrFO.C9H9FO.2C9H7FO.C6H5FO.C3H3Br.CH3F/c1-14(2)15(3,4)20-16(19-14)11-8-10-6-5-7-18-13(10)9-12(11)17;10-7-4-6-2-1-3-12-9(6)5-8(7)11;10-8-4-1-5-9-7(8)3-2-6-11-9;10-8-4-3-7-2-1-5-11-9(7)6-8;1-2-6-11-9-5-3-4-8(10)7-9;7-5-2-1-3-6(8)4-5;1-2-3-4;1-2/h8-9H,5-7H2,1-4H3;4-5H,1-3H2;1,4-5H,2-3,6H2;1-4,6H,5H2;1,3-5,7H,6H2;1-4,8H;1H,3H2;1H3/i;;;;;;;1D. The molecule has 6 aromatic carbocycles. The number of rotatable bonds is 3. The minimum atomic E-state index is -1.00. The minimum absolute atomic E-state index is 0.0370. The Balaban J connectivity index is 0.000000206. The molecule has 5 aliphatic heterocycles. The van der Waals surface area contributed by atoms with Crippen LogP contribution < -0.4 is 29.1 Å². The summed E-state index contributed by atoms with van der Waals surface area (Å²) < 4.78 is 131. The van der Waals surface area contributed by atoms with Gasteiger partial charge >= 0.3 is 7.12 Å². The number of phenolic OH excluding ortho intramolecular Hbond substituents is 1. The number of alkyl halides is 2. The molecular weight excluding hydrogens is 1160 g/mol. The van der Waals surface area contributed by atoms with Gasteiger partial charge in [-0.1, -0.05) is 58.1 Å². The van der Waals surface area contributed by atoms with Crippen molar-refractivity contribution >= 4 is 50.5 Å². The SMILES string of the molecule is C#CCBr.C#CCOc1cccc(F)c1.CC1(C)OB(c2cc3c(cc2F)OCCC3)OC1(C)C.Fc1cc2c(cc1Br)CCCO2.Fc1ccc2c(c1)OCC=C2.Fc1cccc2c1CCCO2.Oc1cccc(F)c1.[2H]CF. The molecule has 0 spiro atoms. The van der Waals surface area contributed by atoms with Crippen LogP contribution in [0.5, 0.6) is 34.5 Å². The molecule has 6 aromatic rings. The number of halogens is 9. The third-order valence-corrected chi connectivity index (χ3v) is 12.9. The lowest BCUT2D eigenvalue weighted by atomic mass is 9.77. The maximum Gasteiger partial charge on any atom is 0.497 e. The lowest BCUT2D eigenvalue weighted by Gasteiger charge is -2.32. The molecule has 0 atom stereocenters. The first kappa shape index (κ1) is 63.3. The van der Waals surface area contributed by atoms with Crippen molar-refractivity contribution in [3.8, 4) is 59.2 Å². The molecule has 0 bridgehead atoms. The first-order valence-corrected chi connectivity index (χ1v) is 26.7. The minimum Gasteiger partial charge on any atom is -0.508 e. The Labute approximate surface area is 477 Å². The van der Waals surface area contributed by atoms with Gasteiger partial charge in [-0.25, -0.2) is 26.3 Å². The number of ether oxygens (including phenoxy) is 5. The fourth-order valence-electron chi connectivity index (χ4n) is 7.48. The first-order valence-electron chi connectivity index (χ1n) is 25.5. The van der Waals surface area contributed by atoms with E-state index in [0.717, 1.165) is 79.2 Å². The molecule has 0 aliphatic carbocycles. The van der Waals surface area contributed by atoms with Gasteiger partial charge in [0, 0.05) is 46.9 Å². The van der Waals surface area contributed by atoms with E-state index >= 15 is 0 Å². The normalized spacial score (nSPS) is 14.9. The summed E-state index contributed by atoms with van der Waals surface area (Å²) >= 11 is 6.16. The molecular formula is C61H62BBr2F7O8. The Morgan fingerprint density at radius 3 is 1.77 bits per heavy atom. The molecule has 8 nitrogen and oxygen atoms in total. The summed E-state index contributed by atoms with van der Waals surface area (Å²) in [5.41, 5.74) is 3.34. The zero-order valence-electron chi connectivity index (χ0n) is 45.2. The van der Waals surface area contributed by atoms with Crippen LogP contribution in [0, 0.1) is 59.6 Å². The van der Waals surface area contributed by atoms with Gasteiger partial charge in [-0.2, -0.15) is 0 Å². The average molecular weight is 1230 g/mol. The number of phenols is 1. The highest BCUT2D eigenvalue weighted by Crippen LogP contribution is 2.38. The van der Waals surface area contributed by atoms with Crippen molar-refractivity contribution in [1.82, 2.24) is 0 Å². The van der Waals surface area contributed by atoms with E-state index in [1.807, 2.05) is 52.0 Å². The highest BCUT2D eigenvalue weighted by atomic mass is 79.9. The molecule has 420 valence electrons. The first-order chi connectivity index (χ1) is 38.3. The van der Waals surface area contributed by atoms with E-state index < -0.39 is 31.3 Å². The maximum absolute atomic E-state index is 14.3. The van der Waals surface area contributed by atoms with E-state index in [4.69, 9.17) is 52.3 Å². The van der Waals surface area contributed by atoms with E-state index in [0.29, 0.717) is 58.1 Å². The quantitative estimate of drug-likeness (QED) is 0.0812. The molecule has 0 radical (unpaired) electrons. The Bertz CT molecular complexity index is 2960. The zero-order valence-corrected chi connectivity index (χ0v) is 47.4. The number of fused-ring (bicyclic) bond motifs is 4. The molecule has 5 heterocycles. The van der Waals surface area contributed by atoms with Crippen molar-refractivity contribution in [1.29, 1.82) is 0 Å². The largest absolute Gasteiger partial charge is 0.508 e. The predicted octanol–water partition coefficient (Wildman–Crippen LogP) is 14.7. The third kappa shape index (κ3) is 20.9. The van der Waals surface area contributed by atoms with Gasteiger partial charge in [-0.3, -0.25) is 4.39 Å². The van der Waals surface area contributed by atoms with E-state index in [1.165, 1.54) is 60.7 Å². The Morgan fingerprint density at radius 1 is 0.646 bits per heavy atom. The van der Waals surface area contributed by atoms with Crippen LogP contribution in [0.15, 0.2) is 120 Å². The zero-order chi connectivity index (χ0) is 58.7. The predicted molar refractivity (Wildman–Crippen MR) is 303 cm³/mol. The number of aromatic hydroxyl groups is 1. The summed E-state index contributed by atoms with van der Waals surface area (Å²) in [5.74, 6) is 6.05. The molecule has 0 amide bonds. The Morgan fingerprint density at radius 2 is 1.20 bits per heavy atom. The van der Waals surface area contributed by atoms with E-state index in [1.54, 1.807) is 30.3 Å². The van der Waals surface area contributed by atoms with Gasteiger partial charge in [0.25, 0.3) is 0 Å². The van der Waals surface area contributed by atoms with Crippen LogP contribution in [0.25, 0.3) is 6.08 Å². The van der Waals surface area contributed by atoms with Crippen LogP contribution in [0.3, 0.4) is 0 Å². The highest BCUT2D eigenvalue weighted by Gasteiger charge is 2.52. The van der Waals surface area contributed by atoms with Gasteiger partial charge in [-0.15, -0.1) is 12.8 Å². The fourth-order valence-corrected chi connectivity index (χ4v) is 7.87.